The highest BCUT2D eigenvalue weighted by Crippen LogP contribution is 2.47. The van der Waals surface area contributed by atoms with E-state index in [0.29, 0.717) is 54.4 Å². The molecule has 10 nitrogen and oxygen atoms in total. The number of ether oxygens (including phenoxy) is 1. The number of carboxylic acid groups (broad SMARTS) is 1. The Morgan fingerprint density at radius 3 is 2.40 bits per heavy atom. The zero-order valence-corrected chi connectivity index (χ0v) is 23.2. The van der Waals surface area contributed by atoms with Gasteiger partial charge in [-0.1, -0.05) is 6.92 Å². The van der Waals surface area contributed by atoms with Gasteiger partial charge in [0.25, 0.3) is 0 Å². The van der Waals surface area contributed by atoms with Crippen molar-refractivity contribution < 1.29 is 27.8 Å². The number of carbonyl (C=O) groups is 1. The maximum atomic E-state index is 13.8. The number of fused-ring (bicyclic) bond motifs is 1. The van der Waals surface area contributed by atoms with E-state index in [1.54, 1.807) is 25.3 Å². The summed E-state index contributed by atoms with van der Waals surface area (Å²) in [4.78, 5) is 24.8. The first kappa shape index (κ1) is 29.8. The largest absolute Gasteiger partial charge is 0.465 e. The first-order chi connectivity index (χ1) is 20.5. The monoisotopic (exact) mass is 591 g/mol. The Morgan fingerprint density at radius 2 is 1.81 bits per heavy atom. The number of rotatable bonds is 5. The smallest absolute Gasteiger partial charge is 0.416 e. The summed E-state index contributed by atoms with van der Waals surface area (Å²) >= 11 is 0. The van der Waals surface area contributed by atoms with Gasteiger partial charge >= 0.3 is 12.3 Å². The van der Waals surface area contributed by atoms with E-state index in [9.17, 15) is 33.6 Å². The van der Waals surface area contributed by atoms with E-state index in [4.69, 9.17) is 15.5 Å². The van der Waals surface area contributed by atoms with Crippen LogP contribution in [0.3, 0.4) is 0 Å². The molecule has 0 saturated carbocycles. The van der Waals surface area contributed by atoms with E-state index in [-0.39, 0.29) is 36.3 Å². The molecule has 222 valence electrons. The van der Waals surface area contributed by atoms with Crippen molar-refractivity contribution in [3.63, 3.8) is 0 Å². The van der Waals surface area contributed by atoms with Gasteiger partial charge < -0.3 is 20.5 Å². The molecule has 3 aromatic rings. The summed E-state index contributed by atoms with van der Waals surface area (Å²) in [6.07, 6.45) is -4.08. The number of nitrogens with two attached hydrogens (primary N) is 1. The van der Waals surface area contributed by atoms with Crippen molar-refractivity contribution in [2.45, 2.75) is 43.9 Å². The van der Waals surface area contributed by atoms with Gasteiger partial charge in [0.1, 0.15) is 11.5 Å². The van der Waals surface area contributed by atoms with Crippen LogP contribution in [0.2, 0.25) is 0 Å². The van der Waals surface area contributed by atoms with Gasteiger partial charge in [0.2, 0.25) is 0 Å². The minimum Gasteiger partial charge on any atom is -0.465 e. The molecular formula is C30H28F3N7O3. The molecule has 0 aliphatic carbocycles. The first-order valence-corrected chi connectivity index (χ1v) is 13.6. The number of aromatic nitrogens is 2. The topological polar surface area (TPSA) is 152 Å². The third-order valence-electron chi connectivity index (χ3n) is 7.93. The molecule has 2 aromatic carbocycles. The lowest BCUT2D eigenvalue weighted by Crippen LogP contribution is -2.61. The van der Waals surface area contributed by atoms with Crippen molar-refractivity contribution in [2.75, 3.05) is 36.1 Å². The number of hydrogen-bond donors (Lipinski definition) is 2. The Labute approximate surface area is 245 Å². The van der Waals surface area contributed by atoms with Crippen LogP contribution in [0.4, 0.5) is 29.3 Å². The van der Waals surface area contributed by atoms with E-state index in [1.165, 1.54) is 6.07 Å². The van der Waals surface area contributed by atoms with Gasteiger partial charge in [0.05, 0.1) is 65.3 Å². The van der Waals surface area contributed by atoms with Crippen LogP contribution in [0.1, 0.15) is 65.0 Å². The predicted molar refractivity (Wildman–Crippen MR) is 149 cm³/mol. The zero-order valence-electron chi connectivity index (χ0n) is 23.2. The van der Waals surface area contributed by atoms with Crippen molar-refractivity contribution >= 4 is 17.5 Å². The van der Waals surface area contributed by atoms with Gasteiger partial charge in [-0.25, -0.2) is 14.8 Å². The number of hydrogen-bond acceptors (Lipinski definition) is 8. The standard InChI is InChI=1S/C30H28F3N7O3/c1-2-29(36)14-23(22-13-21(30(31,32)33)3-4-25(22)40(29)28(41)42)27-37-17-26(39-5-7-43-8-6-39)24(38-27)12-18-9-19(15-34)11-20(10-18)16-35/h3-4,9-11,13,17,23H,2,5-8,12,14,36H2,1H3,(H,41,42)/t23-,29+/m0/s1. The Balaban J connectivity index is 1.68. The van der Waals surface area contributed by atoms with Crippen LogP contribution in [-0.2, 0) is 17.3 Å². The molecular weight excluding hydrogens is 563 g/mol. The highest BCUT2D eigenvalue weighted by Gasteiger charge is 2.46. The van der Waals surface area contributed by atoms with Gasteiger partial charge in [-0.2, -0.15) is 23.7 Å². The summed E-state index contributed by atoms with van der Waals surface area (Å²) in [6.45, 7) is 3.81. The van der Waals surface area contributed by atoms with E-state index < -0.39 is 29.4 Å². The average Bonchev–Trinajstić information content (AvgIpc) is 2.99. The molecule has 13 heteroatoms. The molecule has 1 saturated heterocycles. The van der Waals surface area contributed by atoms with Crippen molar-refractivity contribution in [3.05, 3.63) is 81.9 Å². The van der Waals surface area contributed by atoms with Gasteiger partial charge in [-0.3, -0.25) is 4.90 Å². The molecule has 1 aromatic heterocycles. The summed E-state index contributed by atoms with van der Waals surface area (Å²) < 4.78 is 46.9. The van der Waals surface area contributed by atoms with Gasteiger partial charge in [0, 0.05) is 25.4 Å². The number of halogens is 3. The Kier molecular flexibility index (Phi) is 7.97. The van der Waals surface area contributed by atoms with Crippen LogP contribution >= 0.6 is 0 Å². The zero-order chi connectivity index (χ0) is 30.9. The number of nitriles is 2. The number of nitrogens with zero attached hydrogens (tertiary/aromatic N) is 6. The molecule has 1 fully saturated rings. The normalized spacial score (nSPS) is 20.2. The summed E-state index contributed by atoms with van der Waals surface area (Å²) in [5, 5.41) is 29.0. The quantitative estimate of drug-likeness (QED) is 0.428. The van der Waals surface area contributed by atoms with Crippen LogP contribution in [0.5, 0.6) is 0 Å². The fourth-order valence-electron chi connectivity index (χ4n) is 5.74. The highest BCUT2D eigenvalue weighted by atomic mass is 19.4. The lowest BCUT2D eigenvalue weighted by atomic mass is 9.80. The molecule has 0 spiro atoms. The Bertz CT molecular complexity index is 1610. The number of morpholine rings is 1. The van der Waals surface area contributed by atoms with E-state index in [2.05, 4.69) is 17.1 Å². The molecule has 3 N–H and O–H groups in total. The van der Waals surface area contributed by atoms with E-state index in [1.807, 2.05) is 4.90 Å². The van der Waals surface area contributed by atoms with Gasteiger partial charge in [-0.05, 0) is 60.4 Å². The van der Waals surface area contributed by atoms with E-state index >= 15 is 0 Å². The Morgan fingerprint density at radius 1 is 1.14 bits per heavy atom. The molecule has 0 unspecified atom stereocenters. The second kappa shape index (κ2) is 11.5. The molecule has 5 rings (SSSR count). The molecule has 3 heterocycles. The summed E-state index contributed by atoms with van der Waals surface area (Å²) in [7, 11) is 0. The molecule has 0 radical (unpaired) electrons. The lowest BCUT2D eigenvalue weighted by molar-refractivity contribution is -0.137. The second-order valence-electron chi connectivity index (χ2n) is 10.6. The molecule has 2 atom stereocenters. The van der Waals surface area contributed by atoms with E-state index in [0.717, 1.165) is 23.1 Å². The van der Waals surface area contributed by atoms with Crippen molar-refractivity contribution in [1.29, 1.82) is 10.5 Å². The van der Waals surface area contributed by atoms with Crippen molar-refractivity contribution in [2.24, 2.45) is 5.73 Å². The molecule has 2 aliphatic rings. The van der Waals surface area contributed by atoms with Crippen LogP contribution in [0.25, 0.3) is 0 Å². The molecule has 1 amide bonds. The minimum atomic E-state index is -4.66. The number of anilines is 2. The molecule has 43 heavy (non-hydrogen) atoms. The van der Waals surface area contributed by atoms with Crippen molar-refractivity contribution in [1.82, 2.24) is 9.97 Å². The fourth-order valence-corrected chi connectivity index (χ4v) is 5.74. The Hall–Kier alpha value is -4.72. The maximum Gasteiger partial charge on any atom is 0.416 e. The lowest BCUT2D eigenvalue weighted by Gasteiger charge is -2.46. The maximum absolute atomic E-state index is 13.8. The van der Waals surface area contributed by atoms with Crippen LogP contribution in [0, 0.1) is 22.7 Å². The number of benzene rings is 2. The third kappa shape index (κ3) is 5.82. The van der Waals surface area contributed by atoms with Gasteiger partial charge in [-0.15, -0.1) is 0 Å². The molecule has 0 bridgehead atoms. The number of alkyl halides is 3. The summed E-state index contributed by atoms with van der Waals surface area (Å²) in [6, 6.07) is 11.8. The SMILES string of the molecule is CC[C@]1(N)C[C@H](c2ncc(N3CCOCC3)c(Cc3cc(C#N)cc(C#N)c3)n2)c2cc(C(F)(F)F)ccc2N1C(=O)O. The van der Waals surface area contributed by atoms with Gasteiger partial charge in [0.15, 0.2) is 0 Å². The first-order valence-electron chi connectivity index (χ1n) is 13.6. The predicted octanol–water partition coefficient (Wildman–Crippen LogP) is 4.75. The molecule has 2 aliphatic heterocycles. The second-order valence-corrected chi connectivity index (χ2v) is 10.6. The highest BCUT2D eigenvalue weighted by molar-refractivity contribution is 5.90. The average molecular weight is 592 g/mol. The van der Waals surface area contributed by atoms with Crippen LogP contribution in [-0.4, -0.2) is 53.1 Å². The number of amides is 1. The third-order valence-corrected chi connectivity index (χ3v) is 7.93. The summed E-state index contributed by atoms with van der Waals surface area (Å²) in [5.41, 5.74) is 6.91. The summed E-state index contributed by atoms with van der Waals surface area (Å²) in [5.74, 6) is -0.659. The fraction of sp³-hybridized carbons (Fsp3) is 0.367. The van der Waals surface area contributed by atoms with Crippen molar-refractivity contribution in [3.8, 4) is 12.1 Å². The minimum absolute atomic E-state index is 0.0453. The van der Waals surface area contributed by atoms with Crippen LogP contribution in [0.15, 0.2) is 42.6 Å². The van der Waals surface area contributed by atoms with Crippen LogP contribution < -0.4 is 15.5 Å².